The highest BCUT2D eigenvalue weighted by Crippen LogP contribution is 2.52. The van der Waals surface area contributed by atoms with Gasteiger partial charge in [-0.05, 0) is 37.5 Å². The molecule has 1 spiro atoms. The number of anilines is 1. The van der Waals surface area contributed by atoms with Crippen LogP contribution in [0.4, 0.5) is 18.9 Å². The Labute approximate surface area is 224 Å². The summed E-state index contributed by atoms with van der Waals surface area (Å²) in [6, 6.07) is 6.50. The molecule has 1 aromatic heterocycles. The van der Waals surface area contributed by atoms with Gasteiger partial charge in [0.05, 0.1) is 23.2 Å². The number of para-hydroxylation sites is 1. The summed E-state index contributed by atoms with van der Waals surface area (Å²) >= 11 is 7.34. The zero-order valence-corrected chi connectivity index (χ0v) is 22.6. The Bertz CT molecular complexity index is 1150. The van der Waals surface area contributed by atoms with Gasteiger partial charge in [0.15, 0.2) is 0 Å². The van der Waals surface area contributed by atoms with E-state index in [2.05, 4.69) is 10.2 Å². The summed E-state index contributed by atoms with van der Waals surface area (Å²) in [4.78, 5) is 2.90. The van der Waals surface area contributed by atoms with Crippen LogP contribution in [0.3, 0.4) is 0 Å². The van der Waals surface area contributed by atoms with Gasteiger partial charge in [0.2, 0.25) is 0 Å². The van der Waals surface area contributed by atoms with Crippen LogP contribution in [0.2, 0.25) is 4.34 Å². The highest BCUT2D eigenvalue weighted by molar-refractivity contribution is 7.16. The van der Waals surface area contributed by atoms with Crippen LogP contribution in [-0.2, 0) is 27.5 Å². The average molecular weight is 557 g/mol. The first-order chi connectivity index (χ1) is 17.7. The number of hydrogen-bond donors (Lipinski definition) is 1. The minimum Gasteiger partial charge on any atom is -0.383 e. The van der Waals surface area contributed by atoms with Crippen molar-refractivity contribution in [3.63, 3.8) is 0 Å². The van der Waals surface area contributed by atoms with E-state index in [9.17, 15) is 13.2 Å². The predicted molar refractivity (Wildman–Crippen MR) is 140 cm³/mol. The van der Waals surface area contributed by atoms with E-state index in [1.165, 1.54) is 23.5 Å². The van der Waals surface area contributed by atoms with Gasteiger partial charge in [-0.15, -0.1) is 11.3 Å². The van der Waals surface area contributed by atoms with E-state index in [0.29, 0.717) is 54.0 Å². The van der Waals surface area contributed by atoms with Crippen molar-refractivity contribution in [3.8, 4) is 0 Å². The van der Waals surface area contributed by atoms with Crippen LogP contribution in [0.1, 0.15) is 35.8 Å². The van der Waals surface area contributed by atoms with Gasteiger partial charge in [0, 0.05) is 61.9 Å². The molecular weight excluding hydrogens is 525 g/mol. The van der Waals surface area contributed by atoms with E-state index in [1.54, 1.807) is 18.2 Å². The van der Waals surface area contributed by atoms with E-state index in [4.69, 9.17) is 26.2 Å². The van der Waals surface area contributed by atoms with Gasteiger partial charge in [-0.1, -0.05) is 23.7 Å². The first kappa shape index (κ1) is 26.9. The van der Waals surface area contributed by atoms with Crippen molar-refractivity contribution in [2.45, 2.75) is 37.8 Å². The molecule has 0 aliphatic carbocycles. The Balaban J connectivity index is 1.22. The fraction of sp³-hybridized carbons (Fsp3) is 0.577. The summed E-state index contributed by atoms with van der Waals surface area (Å²) < 4.78 is 55.1. The molecule has 1 N–H and O–H groups in total. The lowest BCUT2D eigenvalue weighted by molar-refractivity contribution is -0.181. The fourth-order valence-electron chi connectivity index (χ4n) is 5.50. The molecule has 11 heteroatoms. The normalized spacial score (nSPS) is 22.9. The Morgan fingerprint density at radius 3 is 2.84 bits per heavy atom. The van der Waals surface area contributed by atoms with Gasteiger partial charge in [-0.3, -0.25) is 5.01 Å². The molecule has 2 aromatic rings. The summed E-state index contributed by atoms with van der Waals surface area (Å²) in [6.45, 7) is 5.96. The van der Waals surface area contributed by atoms with Crippen LogP contribution < -0.4 is 10.3 Å². The fourth-order valence-corrected chi connectivity index (χ4v) is 6.98. The topological polar surface area (TPSA) is 49.3 Å². The van der Waals surface area contributed by atoms with E-state index < -0.39 is 18.1 Å². The molecular formula is C26H32ClF3N4O2S. The molecule has 1 saturated heterocycles. The second-order valence-corrected chi connectivity index (χ2v) is 11.7. The number of hydrogen-bond acceptors (Lipinski definition) is 7. The smallest absolute Gasteiger partial charge is 0.297 e. The number of nitrogens with zero attached hydrogens (tertiary/aromatic N) is 3. The molecule has 202 valence electrons. The number of halogens is 4. The molecule has 0 saturated carbocycles. The van der Waals surface area contributed by atoms with Crippen LogP contribution in [0.15, 0.2) is 29.4 Å². The Kier molecular flexibility index (Phi) is 7.87. The van der Waals surface area contributed by atoms with Crippen molar-refractivity contribution < 1.29 is 22.6 Å². The molecule has 3 aliphatic heterocycles. The number of hydrazone groups is 1. The van der Waals surface area contributed by atoms with E-state index in [1.807, 2.05) is 13.0 Å². The molecule has 3 aliphatic rings. The lowest BCUT2D eigenvalue weighted by Crippen LogP contribution is -2.50. The van der Waals surface area contributed by atoms with Crippen molar-refractivity contribution in [3.05, 3.63) is 50.4 Å². The molecule has 1 aromatic carbocycles. The first-order valence-electron chi connectivity index (χ1n) is 12.6. The molecule has 0 bridgehead atoms. The maximum atomic E-state index is 14.9. The van der Waals surface area contributed by atoms with Gasteiger partial charge >= 0.3 is 0 Å². The molecule has 1 unspecified atom stereocenters. The van der Waals surface area contributed by atoms with Crippen LogP contribution in [-0.4, -0.2) is 63.7 Å². The lowest BCUT2D eigenvalue weighted by atomic mass is 9.84. The van der Waals surface area contributed by atoms with Crippen molar-refractivity contribution in [2.24, 2.45) is 11.0 Å². The number of rotatable bonds is 8. The summed E-state index contributed by atoms with van der Waals surface area (Å²) in [5.74, 6) is -3.15. The van der Waals surface area contributed by atoms with Crippen LogP contribution in [0.25, 0.3) is 0 Å². The molecule has 1 fully saturated rings. The summed E-state index contributed by atoms with van der Waals surface area (Å²) in [7, 11) is 1.65. The van der Waals surface area contributed by atoms with Gasteiger partial charge in [-0.25, -0.2) is 4.39 Å². The third-order valence-corrected chi connectivity index (χ3v) is 9.02. The van der Waals surface area contributed by atoms with Crippen LogP contribution >= 0.6 is 22.9 Å². The number of piperidine rings is 1. The van der Waals surface area contributed by atoms with E-state index in [0.717, 1.165) is 30.9 Å². The van der Waals surface area contributed by atoms with Gasteiger partial charge in [0.1, 0.15) is 18.0 Å². The second kappa shape index (κ2) is 10.8. The number of alkyl halides is 2. The monoisotopic (exact) mass is 556 g/mol. The van der Waals surface area contributed by atoms with Crippen LogP contribution in [0.5, 0.6) is 0 Å². The van der Waals surface area contributed by atoms with E-state index >= 15 is 0 Å². The third kappa shape index (κ3) is 5.42. The van der Waals surface area contributed by atoms with Gasteiger partial charge in [-0.2, -0.15) is 13.9 Å². The number of thiophene rings is 1. The molecule has 4 heterocycles. The largest absolute Gasteiger partial charge is 0.383 e. The standard InChI is InChI=1S/C26H32ClF3N4O2S/c1-17-19(15-34(32-17)23-18(4-3-5-21(23)28)13-31-8-11-35-2)14-33-9-6-25(7-10-33)24-20(12-22(27)37-24)26(29,30)16-36-25/h3-5,12,19,31H,6-11,13-16H2,1-2H3. The lowest BCUT2D eigenvalue weighted by Gasteiger charge is -2.45. The highest BCUT2D eigenvalue weighted by Gasteiger charge is 2.51. The number of benzene rings is 1. The number of fused-ring (bicyclic) bond motifs is 2. The van der Waals surface area contributed by atoms with Crippen molar-refractivity contribution >= 4 is 34.3 Å². The number of likely N-dealkylation sites (tertiary alicyclic amines) is 1. The zero-order valence-electron chi connectivity index (χ0n) is 21.0. The third-order valence-electron chi connectivity index (χ3n) is 7.57. The van der Waals surface area contributed by atoms with E-state index in [-0.39, 0.29) is 17.3 Å². The minimum absolute atomic E-state index is 0.0222. The Hall–Kier alpha value is -1.69. The Morgan fingerprint density at radius 2 is 2.08 bits per heavy atom. The summed E-state index contributed by atoms with van der Waals surface area (Å²) in [5.41, 5.74) is 1.64. The molecule has 5 rings (SSSR count). The highest BCUT2D eigenvalue weighted by atomic mass is 35.5. The average Bonchev–Trinajstić information content (AvgIpc) is 3.44. The Morgan fingerprint density at radius 1 is 1.30 bits per heavy atom. The quantitative estimate of drug-likeness (QED) is 0.453. The maximum absolute atomic E-state index is 14.9. The molecule has 37 heavy (non-hydrogen) atoms. The van der Waals surface area contributed by atoms with Crippen molar-refractivity contribution in [1.29, 1.82) is 0 Å². The molecule has 1 atom stereocenters. The number of methoxy groups -OCH3 is 1. The second-order valence-electron chi connectivity index (χ2n) is 10.0. The molecule has 0 amide bonds. The predicted octanol–water partition coefficient (Wildman–Crippen LogP) is 5.20. The van der Waals surface area contributed by atoms with Crippen LogP contribution in [0, 0.1) is 11.7 Å². The summed E-state index contributed by atoms with van der Waals surface area (Å²) in [6.07, 6.45) is 1.26. The minimum atomic E-state index is -3.01. The zero-order chi connectivity index (χ0) is 26.2. The number of nitrogens with one attached hydrogen (secondary N) is 1. The maximum Gasteiger partial charge on any atom is 0.297 e. The van der Waals surface area contributed by atoms with Crippen molar-refractivity contribution in [2.75, 3.05) is 58.1 Å². The molecule has 0 radical (unpaired) electrons. The van der Waals surface area contributed by atoms with Gasteiger partial charge in [0.25, 0.3) is 5.92 Å². The van der Waals surface area contributed by atoms with Crippen molar-refractivity contribution in [1.82, 2.24) is 10.2 Å². The first-order valence-corrected chi connectivity index (χ1v) is 13.8. The SMILES string of the molecule is COCCNCc1cccc(F)c1N1CC(CN2CCC3(CC2)OCC(F)(F)c2cc(Cl)sc23)C(C)=N1. The number of ether oxygens (including phenoxy) is 2. The van der Waals surface area contributed by atoms with Gasteiger partial charge < -0.3 is 19.7 Å². The summed E-state index contributed by atoms with van der Waals surface area (Å²) in [5, 5.41) is 9.77. The molecule has 6 nitrogen and oxygen atoms in total.